The van der Waals surface area contributed by atoms with E-state index >= 15 is 0 Å². The summed E-state index contributed by atoms with van der Waals surface area (Å²) < 4.78 is 5.79. The standard InChI is InChI=1S/C20H23N3O2/c24-20(16-23-12-5-2-6-13-23)22-21-15-17-8-7-11-19(14-17)25-18-9-3-1-4-10-18/h1,3-4,7-11,14-15H,2,5-6,12-13,16H2,(H,22,24)/p+1/b21-15-. The van der Waals surface area contributed by atoms with Gasteiger partial charge in [0.1, 0.15) is 11.5 Å². The number of carbonyl (C=O) groups excluding carboxylic acids is 1. The van der Waals surface area contributed by atoms with E-state index in [1.54, 1.807) is 6.21 Å². The summed E-state index contributed by atoms with van der Waals surface area (Å²) in [5, 5.41) is 4.06. The Morgan fingerprint density at radius 1 is 1.04 bits per heavy atom. The molecule has 3 rings (SSSR count). The number of rotatable bonds is 6. The van der Waals surface area contributed by atoms with Gasteiger partial charge in [-0.05, 0) is 49.1 Å². The van der Waals surface area contributed by atoms with Crippen LogP contribution in [0, 0.1) is 0 Å². The maximum atomic E-state index is 11.9. The molecule has 2 aromatic carbocycles. The third-order valence-electron chi connectivity index (χ3n) is 4.21. The van der Waals surface area contributed by atoms with E-state index < -0.39 is 0 Å². The van der Waals surface area contributed by atoms with Gasteiger partial charge in [-0.3, -0.25) is 4.79 Å². The van der Waals surface area contributed by atoms with Gasteiger partial charge in [0.2, 0.25) is 0 Å². The second kappa shape index (κ2) is 8.99. The zero-order valence-corrected chi connectivity index (χ0v) is 14.3. The first-order chi connectivity index (χ1) is 12.3. The van der Waals surface area contributed by atoms with Crippen LogP contribution >= 0.6 is 0 Å². The molecule has 0 saturated carbocycles. The molecule has 2 N–H and O–H groups in total. The summed E-state index contributed by atoms with van der Waals surface area (Å²) in [6, 6.07) is 17.2. The van der Waals surface area contributed by atoms with Crippen molar-refractivity contribution < 1.29 is 14.4 Å². The number of hydrazone groups is 1. The summed E-state index contributed by atoms with van der Waals surface area (Å²) in [5.41, 5.74) is 3.49. The number of para-hydroxylation sites is 1. The second-order valence-corrected chi connectivity index (χ2v) is 6.27. The van der Waals surface area contributed by atoms with Crippen molar-refractivity contribution in [3.05, 3.63) is 60.2 Å². The van der Waals surface area contributed by atoms with Crippen LogP contribution in [0.1, 0.15) is 24.8 Å². The van der Waals surface area contributed by atoms with Gasteiger partial charge in [0, 0.05) is 0 Å². The topological polar surface area (TPSA) is 55.1 Å². The molecule has 1 heterocycles. The quantitative estimate of drug-likeness (QED) is 0.625. The highest BCUT2D eigenvalue weighted by molar-refractivity contribution is 5.83. The predicted molar refractivity (Wildman–Crippen MR) is 98.1 cm³/mol. The van der Waals surface area contributed by atoms with Crippen LogP contribution in [0.5, 0.6) is 11.5 Å². The lowest BCUT2D eigenvalue weighted by Gasteiger charge is -2.22. The van der Waals surface area contributed by atoms with Crippen LogP contribution in [0.2, 0.25) is 0 Å². The van der Waals surface area contributed by atoms with Crippen LogP contribution < -0.4 is 15.1 Å². The Hall–Kier alpha value is -2.66. The molecule has 5 nitrogen and oxygen atoms in total. The first-order valence-corrected chi connectivity index (χ1v) is 8.78. The van der Waals surface area contributed by atoms with Gasteiger partial charge in [-0.25, -0.2) is 5.43 Å². The summed E-state index contributed by atoms with van der Waals surface area (Å²) in [4.78, 5) is 13.3. The number of ether oxygens (including phenoxy) is 1. The molecule has 1 fully saturated rings. The van der Waals surface area contributed by atoms with Crippen LogP contribution in [0.15, 0.2) is 59.7 Å². The van der Waals surface area contributed by atoms with Crippen LogP contribution in [0.4, 0.5) is 0 Å². The Morgan fingerprint density at radius 2 is 1.80 bits per heavy atom. The van der Waals surface area contributed by atoms with Gasteiger partial charge in [0.25, 0.3) is 5.91 Å². The molecule has 0 unspecified atom stereocenters. The zero-order chi connectivity index (χ0) is 17.3. The van der Waals surface area contributed by atoms with Gasteiger partial charge in [0.05, 0.1) is 19.3 Å². The van der Waals surface area contributed by atoms with Crippen LogP contribution in [-0.2, 0) is 4.79 Å². The van der Waals surface area contributed by atoms with Crippen molar-refractivity contribution in [2.24, 2.45) is 5.10 Å². The SMILES string of the molecule is O=C(C[NH+]1CCCCC1)N/N=C\c1cccc(Oc2ccccc2)c1. The average Bonchev–Trinajstić information content (AvgIpc) is 2.64. The van der Waals surface area contributed by atoms with E-state index in [2.05, 4.69) is 10.5 Å². The smallest absolute Gasteiger partial charge is 0.295 e. The first-order valence-electron chi connectivity index (χ1n) is 8.78. The molecule has 5 heteroatoms. The van der Waals surface area contributed by atoms with E-state index in [0.29, 0.717) is 6.54 Å². The molecule has 0 aliphatic carbocycles. The van der Waals surface area contributed by atoms with Crippen LogP contribution in [-0.4, -0.2) is 31.8 Å². The zero-order valence-electron chi connectivity index (χ0n) is 14.3. The van der Waals surface area contributed by atoms with Gasteiger partial charge in [0.15, 0.2) is 6.54 Å². The van der Waals surface area contributed by atoms with Gasteiger partial charge in [-0.15, -0.1) is 0 Å². The molecule has 1 aliphatic rings. The average molecular weight is 338 g/mol. The molecule has 0 spiro atoms. The fraction of sp³-hybridized carbons (Fsp3) is 0.300. The van der Waals surface area contributed by atoms with E-state index in [0.717, 1.165) is 30.2 Å². The third kappa shape index (κ3) is 5.72. The highest BCUT2D eigenvalue weighted by atomic mass is 16.5. The molecule has 1 aliphatic heterocycles. The maximum absolute atomic E-state index is 11.9. The minimum atomic E-state index is -0.0372. The maximum Gasteiger partial charge on any atom is 0.295 e. The molecule has 0 aromatic heterocycles. The predicted octanol–water partition coefficient (Wildman–Crippen LogP) is 2.00. The summed E-state index contributed by atoms with van der Waals surface area (Å²) in [5.74, 6) is 1.48. The molecule has 1 saturated heterocycles. The van der Waals surface area contributed by atoms with Crippen LogP contribution in [0.25, 0.3) is 0 Å². The van der Waals surface area contributed by atoms with Gasteiger partial charge in [-0.1, -0.05) is 30.3 Å². The highest BCUT2D eigenvalue weighted by Gasteiger charge is 2.16. The lowest BCUT2D eigenvalue weighted by Crippen LogP contribution is -3.13. The normalized spacial score (nSPS) is 15.2. The number of nitrogens with one attached hydrogen (secondary N) is 2. The molecule has 25 heavy (non-hydrogen) atoms. The number of carbonyl (C=O) groups is 1. The van der Waals surface area contributed by atoms with Crippen molar-refractivity contribution in [3.63, 3.8) is 0 Å². The minimum Gasteiger partial charge on any atom is -0.457 e. The van der Waals surface area contributed by atoms with Crippen molar-refractivity contribution in [3.8, 4) is 11.5 Å². The van der Waals surface area contributed by atoms with Crippen molar-refractivity contribution in [2.75, 3.05) is 19.6 Å². The van der Waals surface area contributed by atoms with Crippen molar-refractivity contribution in [2.45, 2.75) is 19.3 Å². The molecule has 0 radical (unpaired) electrons. The van der Waals surface area contributed by atoms with Gasteiger partial charge >= 0.3 is 0 Å². The Balaban J connectivity index is 1.51. The lowest BCUT2D eigenvalue weighted by molar-refractivity contribution is -0.896. The van der Waals surface area contributed by atoms with Crippen molar-refractivity contribution in [1.82, 2.24) is 5.43 Å². The van der Waals surface area contributed by atoms with E-state index in [1.807, 2.05) is 54.6 Å². The number of benzene rings is 2. The molecule has 130 valence electrons. The van der Waals surface area contributed by atoms with Crippen LogP contribution in [0.3, 0.4) is 0 Å². The minimum absolute atomic E-state index is 0.0372. The van der Waals surface area contributed by atoms with E-state index in [9.17, 15) is 4.79 Å². The summed E-state index contributed by atoms with van der Waals surface area (Å²) in [7, 11) is 0. The highest BCUT2D eigenvalue weighted by Crippen LogP contribution is 2.21. The molecular formula is C20H24N3O2+. The van der Waals surface area contributed by atoms with Crippen molar-refractivity contribution >= 4 is 12.1 Å². The van der Waals surface area contributed by atoms with Gasteiger partial charge < -0.3 is 9.64 Å². The number of likely N-dealkylation sites (tertiary alicyclic amines) is 1. The third-order valence-corrected chi connectivity index (χ3v) is 4.21. The molecule has 1 amide bonds. The number of hydrogen-bond acceptors (Lipinski definition) is 3. The monoisotopic (exact) mass is 338 g/mol. The van der Waals surface area contributed by atoms with E-state index in [1.165, 1.54) is 24.2 Å². The number of amides is 1. The molecule has 0 bridgehead atoms. The Labute approximate surface area is 148 Å². The summed E-state index contributed by atoms with van der Waals surface area (Å²) in [6.45, 7) is 2.65. The Kier molecular flexibility index (Phi) is 6.17. The number of quaternary nitrogens is 1. The number of hydrogen-bond donors (Lipinski definition) is 2. The Bertz CT molecular complexity index is 710. The lowest BCUT2D eigenvalue weighted by atomic mass is 10.1. The van der Waals surface area contributed by atoms with E-state index in [-0.39, 0.29) is 5.91 Å². The number of piperidine rings is 1. The molecular weight excluding hydrogens is 314 g/mol. The Morgan fingerprint density at radius 3 is 2.60 bits per heavy atom. The second-order valence-electron chi connectivity index (χ2n) is 6.27. The largest absolute Gasteiger partial charge is 0.457 e. The first kappa shape index (κ1) is 17.2. The fourth-order valence-electron chi connectivity index (χ4n) is 2.96. The molecule has 0 atom stereocenters. The van der Waals surface area contributed by atoms with Crippen molar-refractivity contribution in [1.29, 1.82) is 0 Å². The summed E-state index contributed by atoms with van der Waals surface area (Å²) in [6.07, 6.45) is 5.34. The fourth-order valence-corrected chi connectivity index (χ4v) is 2.96. The van der Waals surface area contributed by atoms with E-state index in [4.69, 9.17) is 4.74 Å². The summed E-state index contributed by atoms with van der Waals surface area (Å²) >= 11 is 0. The number of nitrogens with zero attached hydrogens (tertiary/aromatic N) is 1. The van der Waals surface area contributed by atoms with Gasteiger partial charge in [-0.2, -0.15) is 5.10 Å². The molecule has 2 aromatic rings.